The van der Waals surface area contributed by atoms with Crippen molar-refractivity contribution in [1.82, 2.24) is 5.32 Å². The molecule has 1 aromatic rings. The molecule has 0 aliphatic heterocycles. The predicted molar refractivity (Wildman–Crippen MR) is 78.8 cm³/mol. The number of benzene rings is 1. The first-order valence-electron chi connectivity index (χ1n) is 6.70. The second-order valence-electron chi connectivity index (χ2n) is 4.90. The Bertz CT molecular complexity index is 523. The largest absolute Gasteiger partial charge is 0.480 e. The molecule has 0 heterocycles. The van der Waals surface area contributed by atoms with E-state index in [9.17, 15) is 9.59 Å². The van der Waals surface area contributed by atoms with Crippen LogP contribution in [0.25, 0.3) is 0 Å². The fourth-order valence-corrected chi connectivity index (χ4v) is 1.84. The van der Waals surface area contributed by atoms with Crippen molar-refractivity contribution in [1.29, 1.82) is 5.26 Å². The standard InChI is InChI=1S/C15H19N3O3/c1-11(2)13(14(19)20)17-15(21)18(10-6-9-16)12-7-4-3-5-8-12/h3-5,7-8,11,13H,6,10H2,1-2H3,(H,17,21)(H,19,20)/t13-/m1/s1. The van der Waals surface area contributed by atoms with Gasteiger partial charge in [-0.1, -0.05) is 32.0 Å². The molecule has 6 nitrogen and oxygen atoms in total. The van der Waals surface area contributed by atoms with Crippen molar-refractivity contribution >= 4 is 17.7 Å². The van der Waals surface area contributed by atoms with E-state index < -0.39 is 18.0 Å². The number of carboxylic acid groups (broad SMARTS) is 1. The molecule has 0 aliphatic rings. The van der Waals surface area contributed by atoms with Crippen molar-refractivity contribution in [3.63, 3.8) is 0 Å². The molecule has 6 heteroatoms. The number of anilines is 1. The first-order chi connectivity index (χ1) is 9.97. The Hall–Kier alpha value is -2.55. The van der Waals surface area contributed by atoms with Crippen LogP contribution in [-0.2, 0) is 4.79 Å². The quantitative estimate of drug-likeness (QED) is 0.839. The number of amides is 2. The van der Waals surface area contributed by atoms with Gasteiger partial charge in [0, 0.05) is 12.2 Å². The SMILES string of the molecule is CC(C)[C@@H](NC(=O)N(CCC#N)c1ccccc1)C(=O)O. The summed E-state index contributed by atoms with van der Waals surface area (Å²) in [6, 6.07) is 9.35. The second-order valence-corrected chi connectivity index (χ2v) is 4.90. The fraction of sp³-hybridized carbons (Fsp3) is 0.400. The molecule has 2 amide bonds. The van der Waals surface area contributed by atoms with E-state index in [1.807, 2.05) is 12.1 Å². The summed E-state index contributed by atoms with van der Waals surface area (Å²) >= 11 is 0. The van der Waals surface area contributed by atoms with Crippen molar-refractivity contribution in [2.75, 3.05) is 11.4 Å². The second kappa shape index (κ2) is 7.90. The van der Waals surface area contributed by atoms with Gasteiger partial charge in [0.1, 0.15) is 6.04 Å². The van der Waals surface area contributed by atoms with E-state index in [0.29, 0.717) is 5.69 Å². The Morgan fingerprint density at radius 1 is 1.33 bits per heavy atom. The third-order valence-corrected chi connectivity index (χ3v) is 2.97. The Balaban J connectivity index is 2.91. The van der Waals surface area contributed by atoms with Crippen LogP contribution in [-0.4, -0.2) is 29.7 Å². The van der Waals surface area contributed by atoms with Crippen molar-refractivity contribution < 1.29 is 14.7 Å². The molecule has 0 fully saturated rings. The molecule has 0 aliphatic carbocycles. The van der Waals surface area contributed by atoms with Crippen LogP contribution < -0.4 is 10.2 Å². The molecule has 0 radical (unpaired) electrons. The van der Waals surface area contributed by atoms with Gasteiger partial charge in [-0.05, 0) is 18.1 Å². The number of nitriles is 1. The van der Waals surface area contributed by atoms with E-state index in [4.69, 9.17) is 10.4 Å². The molecule has 1 atom stereocenters. The zero-order chi connectivity index (χ0) is 15.8. The van der Waals surface area contributed by atoms with E-state index in [1.165, 1.54) is 4.90 Å². The molecule has 112 valence electrons. The molecular formula is C15H19N3O3. The number of para-hydroxylation sites is 1. The van der Waals surface area contributed by atoms with Gasteiger partial charge in [0.2, 0.25) is 0 Å². The maximum Gasteiger partial charge on any atom is 0.326 e. The minimum atomic E-state index is -1.08. The summed E-state index contributed by atoms with van der Waals surface area (Å²) in [5.41, 5.74) is 0.623. The topological polar surface area (TPSA) is 93.4 Å². The first kappa shape index (κ1) is 16.5. The van der Waals surface area contributed by atoms with E-state index in [2.05, 4.69) is 5.32 Å². The van der Waals surface area contributed by atoms with Gasteiger partial charge in [-0.3, -0.25) is 4.90 Å². The highest BCUT2D eigenvalue weighted by molar-refractivity contribution is 5.94. The summed E-state index contributed by atoms with van der Waals surface area (Å²) < 4.78 is 0. The van der Waals surface area contributed by atoms with Crippen molar-refractivity contribution in [3.8, 4) is 6.07 Å². The Kier molecular flexibility index (Phi) is 6.21. The molecule has 2 N–H and O–H groups in total. The Morgan fingerprint density at radius 2 is 1.95 bits per heavy atom. The maximum atomic E-state index is 12.3. The number of carbonyl (C=O) groups is 2. The minimum absolute atomic E-state index is 0.168. The van der Waals surface area contributed by atoms with Crippen LogP contribution in [0, 0.1) is 17.2 Å². The zero-order valence-electron chi connectivity index (χ0n) is 12.1. The predicted octanol–water partition coefficient (Wildman–Crippen LogP) is 2.23. The van der Waals surface area contributed by atoms with Gasteiger partial charge in [-0.2, -0.15) is 5.26 Å². The van der Waals surface area contributed by atoms with Gasteiger partial charge in [0.25, 0.3) is 0 Å². The lowest BCUT2D eigenvalue weighted by Gasteiger charge is -2.26. The van der Waals surface area contributed by atoms with Crippen molar-refractivity contribution in [3.05, 3.63) is 30.3 Å². The molecule has 0 bridgehead atoms. The third-order valence-electron chi connectivity index (χ3n) is 2.97. The molecule has 0 saturated carbocycles. The Morgan fingerprint density at radius 3 is 2.43 bits per heavy atom. The summed E-state index contributed by atoms with van der Waals surface area (Å²) in [7, 11) is 0. The lowest BCUT2D eigenvalue weighted by Crippen LogP contribution is -2.50. The molecule has 1 aromatic carbocycles. The molecule has 0 saturated heterocycles. The van der Waals surface area contributed by atoms with Crippen LogP contribution >= 0.6 is 0 Å². The number of urea groups is 1. The summed E-state index contributed by atoms with van der Waals surface area (Å²) in [4.78, 5) is 24.9. The van der Waals surface area contributed by atoms with Crippen LogP contribution in [0.4, 0.5) is 10.5 Å². The van der Waals surface area contributed by atoms with E-state index in [0.717, 1.165) is 0 Å². The Labute approximate surface area is 124 Å². The third kappa shape index (κ3) is 4.80. The van der Waals surface area contributed by atoms with Gasteiger partial charge < -0.3 is 10.4 Å². The number of aliphatic carboxylic acids is 1. The van der Waals surface area contributed by atoms with Crippen molar-refractivity contribution in [2.45, 2.75) is 26.3 Å². The number of nitrogens with zero attached hydrogens (tertiary/aromatic N) is 2. The summed E-state index contributed by atoms with van der Waals surface area (Å²) in [6.45, 7) is 3.65. The lowest BCUT2D eigenvalue weighted by atomic mass is 10.1. The van der Waals surface area contributed by atoms with Crippen LogP contribution in [0.2, 0.25) is 0 Å². The molecule has 0 unspecified atom stereocenters. The zero-order valence-corrected chi connectivity index (χ0v) is 12.1. The minimum Gasteiger partial charge on any atom is -0.480 e. The highest BCUT2D eigenvalue weighted by Crippen LogP contribution is 2.14. The lowest BCUT2D eigenvalue weighted by molar-refractivity contribution is -0.140. The van der Waals surface area contributed by atoms with Gasteiger partial charge in [-0.25, -0.2) is 9.59 Å². The highest BCUT2D eigenvalue weighted by Gasteiger charge is 2.26. The first-order valence-corrected chi connectivity index (χ1v) is 6.70. The average Bonchev–Trinajstić information content (AvgIpc) is 2.45. The monoisotopic (exact) mass is 289 g/mol. The number of hydrogen-bond acceptors (Lipinski definition) is 3. The van der Waals surface area contributed by atoms with Crippen molar-refractivity contribution in [2.24, 2.45) is 5.92 Å². The van der Waals surface area contributed by atoms with Crippen LogP contribution in [0.1, 0.15) is 20.3 Å². The number of hydrogen-bond donors (Lipinski definition) is 2. The number of carbonyl (C=O) groups excluding carboxylic acids is 1. The number of rotatable bonds is 6. The van der Waals surface area contributed by atoms with Crippen LogP contribution in [0.5, 0.6) is 0 Å². The summed E-state index contributed by atoms with van der Waals surface area (Å²) in [5, 5.41) is 20.3. The molecular weight excluding hydrogens is 270 g/mol. The molecule has 21 heavy (non-hydrogen) atoms. The normalized spacial score (nSPS) is 11.5. The van der Waals surface area contributed by atoms with Gasteiger partial charge >= 0.3 is 12.0 Å². The molecule has 0 spiro atoms. The van der Waals surface area contributed by atoms with Gasteiger partial charge in [0.05, 0.1) is 12.5 Å². The molecule has 1 rings (SSSR count). The maximum absolute atomic E-state index is 12.3. The van der Waals surface area contributed by atoms with E-state index >= 15 is 0 Å². The fourth-order valence-electron chi connectivity index (χ4n) is 1.84. The smallest absolute Gasteiger partial charge is 0.326 e. The average molecular weight is 289 g/mol. The molecule has 0 aromatic heterocycles. The van der Waals surface area contributed by atoms with Crippen LogP contribution in [0.3, 0.4) is 0 Å². The van der Waals surface area contributed by atoms with Crippen LogP contribution in [0.15, 0.2) is 30.3 Å². The van der Waals surface area contributed by atoms with E-state index in [1.54, 1.807) is 38.1 Å². The highest BCUT2D eigenvalue weighted by atomic mass is 16.4. The van der Waals surface area contributed by atoms with Gasteiger partial charge in [0.15, 0.2) is 0 Å². The van der Waals surface area contributed by atoms with Gasteiger partial charge in [-0.15, -0.1) is 0 Å². The number of nitrogens with one attached hydrogen (secondary N) is 1. The summed E-state index contributed by atoms with van der Waals surface area (Å²) in [6.07, 6.45) is 0.168. The summed E-state index contributed by atoms with van der Waals surface area (Å²) in [5.74, 6) is -1.31. The number of carboxylic acids is 1. The van der Waals surface area contributed by atoms with E-state index in [-0.39, 0.29) is 18.9 Å².